The van der Waals surface area contributed by atoms with E-state index in [-0.39, 0.29) is 11.1 Å². The van der Waals surface area contributed by atoms with Crippen molar-refractivity contribution in [2.45, 2.75) is 25.0 Å². The molecule has 1 aromatic rings. The highest BCUT2D eigenvalue weighted by molar-refractivity contribution is 7.99. The molecule has 1 heterocycles. The Morgan fingerprint density at radius 2 is 2.39 bits per heavy atom. The summed E-state index contributed by atoms with van der Waals surface area (Å²) < 4.78 is 13.1. The first-order chi connectivity index (χ1) is 8.50. The minimum Gasteiger partial charge on any atom is -0.388 e. The van der Waals surface area contributed by atoms with Crippen LogP contribution in [0.3, 0.4) is 0 Å². The summed E-state index contributed by atoms with van der Waals surface area (Å²) in [6, 6.07) is 4.75. The molecule has 2 N–H and O–H groups in total. The normalized spacial score (nSPS) is 25.3. The molecular weight excluding hydrogens is 273 g/mol. The van der Waals surface area contributed by atoms with E-state index in [0.29, 0.717) is 6.54 Å². The summed E-state index contributed by atoms with van der Waals surface area (Å²) in [5.74, 6) is 1.38. The molecular formula is C13H17ClFNOS. The Morgan fingerprint density at radius 3 is 3.00 bits per heavy atom. The summed E-state index contributed by atoms with van der Waals surface area (Å²) >= 11 is 7.53. The average Bonchev–Trinajstić information content (AvgIpc) is 2.77. The Labute approximate surface area is 116 Å². The number of benzene rings is 1. The van der Waals surface area contributed by atoms with Crippen molar-refractivity contribution in [3.05, 3.63) is 34.6 Å². The predicted molar refractivity (Wildman–Crippen MR) is 74.7 cm³/mol. The Morgan fingerprint density at radius 1 is 1.61 bits per heavy atom. The monoisotopic (exact) mass is 289 g/mol. The molecule has 100 valence electrons. The molecule has 0 radical (unpaired) electrons. The van der Waals surface area contributed by atoms with Crippen LogP contribution in [-0.4, -0.2) is 28.8 Å². The lowest BCUT2D eigenvalue weighted by atomic mass is 10.0. The summed E-state index contributed by atoms with van der Waals surface area (Å²) in [7, 11) is 0. The summed E-state index contributed by atoms with van der Waals surface area (Å²) in [4.78, 5) is 0. The largest absolute Gasteiger partial charge is 0.388 e. The maximum absolute atomic E-state index is 13.1. The average molecular weight is 290 g/mol. The van der Waals surface area contributed by atoms with Gasteiger partial charge in [0.15, 0.2) is 0 Å². The Kier molecular flexibility index (Phi) is 4.54. The van der Waals surface area contributed by atoms with E-state index in [0.717, 1.165) is 23.5 Å². The predicted octanol–water partition coefficient (Wildman–Crippen LogP) is 3.00. The van der Waals surface area contributed by atoms with E-state index in [1.54, 1.807) is 23.9 Å². The third-order valence-electron chi connectivity index (χ3n) is 3.26. The highest BCUT2D eigenvalue weighted by Crippen LogP contribution is 2.28. The van der Waals surface area contributed by atoms with Crippen LogP contribution >= 0.6 is 23.4 Å². The molecule has 1 saturated heterocycles. The maximum atomic E-state index is 13.1. The molecule has 2 rings (SSSR count). The van der Waals surface area contributed by atoms with Gasteiger partial charge >= 0.3 is 0 Å². The van der Waals surface area contributed by atoms with Crippen LogP contribution in [0, 0.1) is 5.82 Å². The van der Waals surface area contributed by atoms with Gasteiger partial charge < -0.3 is 10.4 Å². The zero-order valence-electron chi connectivity index (χ0n) is 10.2. The van der Waals surface area contributed by atoms with Crippen molar-refractivity contribution in [1.29, 1.82) is 0 Å². The number of thioether (sulfide) groups is 1. The van der Waals surface area contributed by atoms with Crippen LogP contribution in [0.25, 0.3) is 0 Å². The molecule has 2 nitrogen and oxygen atoms in total. The van der Waals surface area contributed by atoms with Gasteiger partial charge in [0, 0.05) is 18.3 Å². The molecule has 0 spiro atoms. The van der Waals surface area contributed by atoms with Gasteiger partial charge in [-0.15, -0.1) is 0 Å². The third-order valence-corrected chi connectivity index (χ3v) is 4.79. The second-order valence-electron chi connectivity index (χ2n) is 4.80. The van der Waals surface area contributed by atoms with Gasteiger partial charge in [0.2, 0.25) is 0 Å². The summed E-state index contributed by atoms with van der Waals surface area (Å²) in [6.45, 7) is 2.53. The third kappa shape index (κ3) is 3.38. The Balaban J connectivity index is 1.94. The molecule has 0 aromatic heterocycles. The lowest BCUT2D eigenvalue weighted by Gasteiger charge is -2.24. The minimum absolute atomic E-state index is 0.0396. The van der Waals surface area contributed by atoms with Crippen LogP contribution in [0.4, 0.5) is 4.39 Å². The number of aliphatic hydroxyl groups is 1. The quantitative estimate of drug-likeness (QED) is 0.894. The molecule has 1 aliphatic heterocycles. The molecule has 0 bridgehead atoms. The van der Waals surface area contributed by atoms with Gasteiger partial charge in [-0.25, -0.2) is 4.39 Å². The number of rotatable bonds is 4. The zero-order chi connectivity index (χ0) is 13.2. The second-order valence-corrected chi connectivity index (χ2v) is 6.32. The maximum Gasteiger partial charge on any atom is 0.141 e. The lowest BCUT2D eigenvalue weighted by Crippen LogP contribution is -2.41. The molecule has 1 aliphatic rings. The van der Waals surface area contributed by atoms with Crippen LogP contribution < -0.4 is 5.32 Å². The van der Waals surface area contributed by atoms with Crippen molar-refractivity contribution in [1.82, 2.24) is 5.32 Å². The van der Waals surface area contributed by atoms with E-state index < -0.39 is 11.4 Å². The lowest BCUT2D eigenvalue weighted by molar-refractivity contribution is 0.0651. The van der Waals surface area contributed by atoms with Gasteiger partial charge in [0.25, 0.3) is 0 Å². The summed E-state index contributed by atoms with van der Waals surface area (Å²) in [6.07, 6.45) is 0.821. The number of hydrogen-bond acceptors (Lipinski definition) is 3. The van der Waals surface area contributed by atoms with Gasteiger partial charge in [-0.05, 0) is 36.8 Å². The molecule has 0 aliphatic carbocycles. The summed E-state index contributed by atoms with van der Waals surface area (Å²) in [5, 5.41) is 13.6. The van der Waals surface area contributed by atoms with Gasteiger partial charge in [-0.2, -0.15) is 11.8 Å². The fraction of sp³-hybridized carbons (Fsp3) is 0.538. The highest BCUT2D eigenvalue weighted by atomic mass is 35.5. The van der Waals surface area contributed by atoms with Crippen molar-refractivity contribution in [3.8, 4) is 0 Å². The van der Waals surface area contributed by atoms with E-state index >= 15 is 0 Å². The highest BCUT2D eigenvalue weighted by Gasteiger charge is 2.31. The van der Waals surface area contributed by atoms with Crippen LogP contribution in [-0.2, 0) is 0 Å². The molecule has 1 fully saturated rings. The fourth-order valence-electron chi connectivity index (χ4n) is 1.98. The fourth-order valence-corrected chi connectivity index (χ4v) is 3.46. The van der Waals surface area contributed by atoms with Crippen LogP contribution in [0.1, 0.15) is 24.9 Å². The number of nitrogens with one attached hydrogen (secondary N) is 1. The van der Waals surface area contributed by atoms with Crippen molar-refractivity contribution in [3.63, 3.8) is 0 Å². The first-order valence-corrected chi connectivity index (χ1v) is 7.52. The van der Waals surface area contributed by atoms with Crippen LogP contribution in [0.2, 0.25) is 5.02 Å². The molecule has 5 heteroatoms. The zero-order valence-corrected chi connectivity index (χ0v) is 11.8. The van der Waals surface area contributed by atoms with Crippen molar-refractivity contribution in [2.75, 3.05) is 18.1 Å². The first kappa shape index (κ1) is 14.1. The first-order valence-electron chi connectivity index (χ1n) is 5.99. The molecule has 2 unspecified atom stereocenters. The Hall–Kier alpha value is -0.290. The molecule has 2 atom stereocenters. The number of hydrogen-bond donors (Lipinski definition) is 2. The standard InChI is InChI=1S/C13H17ClFNOS/c1-9(10-2-3-12(15)11(14)6-10)16-7-13(17)4-5-18-8-13/h2-3,6,9,16-17H,4-5,7-8H2,1H3. The minimum atomic E-state index is -0.608. The van der Waals surface area contributed by atoms with Gasteiger partial charge in [-0.3, -0.25) is 0 Å². The van der Waals surface area contributed by atoms with Crippen molar-refractivity contribution in [2.24, 2.45) is 0 Å². The van der Waals surface area contributed by atoms with Crippen molar-refractivity contribution >= 4 is 23.4 Å². The van der Waals surface area contributed by atoms with E-state index in [1.165, 1.54) is 6.07 Å². The van der Waals surface area contributed by atoms with E-state index in [1.807, 2.05) is 6.92 Å². The van der Waals surface area contributed by atoms with E-state index in [4.69, 9.17) is 11.6 Å². The summed E-state index contributed by atoms with van der Waals surface area (Å²) in [5.41, 5.74) is 0.318. The number of halogens is 2. The molecule has 18 heavy (non-hydrogen) atoms. The van der Waals surface area contributed by atoms with Crippen molar-refractivity contribution < 1.29 is 9.50 Å². The van der Waals surface area contributed by atoms with Crippen LogP contribution in [0.15, 0.2) is 18.2 Å². The molecule has 0 saturated carbocycles. The smallest absolute Gasteiger partial charge is 0.141 e. The topological polar surface area (TPSA) is 32.3 Å². The Bertz CT molecular complexity index is 423. The van der Waals surface area contributed by atoms with Gasteiger partial charge in [0.05, 0.1) is 10.6 Å². The molecule has 1 aromatic carbocycles. The SMILES string of the molecule is CC(NCC1(O)CCSC1)c1ccc(F)c(Cl)c1. The second kappa shape index (κ2) is 5.78. The molecule has 0 amide bonds. The van der Waals surface area contributed by atoms with Crippen LogP contribution in [0.5, 0.6) is 0 Å². The van der Waals surface area contributed by atoms with Gasteiger partial charge in [-0.1, -0.05) is 17.7 Å². The van der Waals surface area contributed by atoms with E-state index in [2.05, 4.69) is 5.32 Å². The van der Waals surface area contributed by atoms with Gasteiger partial charge in [0.1, 0.15) is 5.82 Å². The van der Waals surface area contributed by atoms with E-state index in [9.17, 15) is 9.50 Å².